The lowest BCUT2D eigenvalue weighted by Crippen LogP contribution is -2.49. The van der Waals surface area contributed by atoms with Crippen LogP contribution in [0.2, 0.25) is 0 Å². The zero-order valence-corrected chi connectivity index (χ0v) is 16.3. The van der Waals surface area contributed by atoms with Gasteiger partial charge in [-0.2, -0.15) is 4.31 Å². The lowest BCUT2D eigenvalue weighted by atomic mass is 10.2. The van der Waals surface area contributed by atoms with Gasteiger partial charge in [0.25, 0.3) is 0 Å². The van der Waals surface area contributed by atoms with Crippen LogP contribution in [0, 0.1) is 13.8 Å². The minimum atomic E-state index is -3.52. The number of aryl methyl sites for hydroxylation is 3. The van der Waals surface area contributed by atoms with Crippen LogP contribution in [0.5, 0.6) is 0 Å². The van der Waals surface area contributed by atoms with Crippen molar-refractivity contribution in [3.05, 3.63) is 35.7 Å². The van der Waals surface area contributed by atoms with Gasteiger partial charge in [-0.1, -0.05) is 17.3 Å². The van der Waals surface area contributed by atoms with Crippen molar-refractivity contribution >= 4 is 27.0 Å². The lowest BCUT2D eigenvalue weighted by molar-refractivity contribution is 0.384. The molecule has 1 aliphatic rings. The summed E-state index contributed by atoms with van der Waals surface area (Å²) in [6.45, 7) is 5.58. The highest BCUT2D eigenvalue weighted by Gasteiger charge is 2.31. The third-order valence-corrected chi connectivity index (χ3v) is 6.91. The molecule has 0 aliphatic carbocycles. The van der Waals surface area contributed by atoms with Gasteiger partial charge in [-0.15, -0.1) is 5.10 Å². The Bertz CT molecular complexity index is 1100. The highest BCUT2D eigenvalue weighted by atomic mass is 32.2. The smallest absolute Gasteiger partial charge is 0.243 e. The van der Waals surface area contributed by atoms with Crippen LogP contribution in [0.1, 0.15) is 11.1 Å². The zero-order valence-electron chi connectivity index (χ0n) is 15.5. The molecule has 4 rings (SSSR count). The summed E-state index contributed by atoms with van der Waals surface area (Å²) in [6.07, 6.45) is 1.49. The van der Waals surface area contributed by atoms with Gasteiger partial charge in [0.05, 0.1) is 4.90 Å². The van der Waals surface area contributed by atoms with Gasteiger partial charge in [-0.25, -0.2) is 23.1 Å². The molecule has 0 N–H and O–H groups in total. The van der Waals surface area contributed by atoms with Gasteiger partial charge < -0.3 is 4.90 Å². The minimum Gasteiger partial charge on any atom is -0.352 e. The Morgan fingerprint density at radius 3 is 2.52 bits per heavy atom. The van der Waals surface area contributed by atoms with Crippen molar-refractivity contribution in [2.75, 3.05) is 31.1 Å². The first kappa shape index (κ1) is 17.8. The molecular weight excluding hydrogens is 366 g/mol. The van der Waals surface area contributed by atoms with Crippen molar-refractivity contribution in [1.82, 2.24) is 29.3 Å². The number of anilines is 1. The largest absolute Gasteiger partial charge is 0.352 e. The molecule has 27 heavy (non-hydrogen) atoms. The van der Waals surface area contributed by atoms with Gasteiger partial charge >= 0.3 is 0 Å². The van der Waals surface area contributed by atoms with E-state index < -0.39 is 10.0 Å². The summed E-state index contributed by atoms with van der Waals surface area (Å²) in [7, 11) is -1.74. The fourth-order valence-corrected chi connectivity index (χ4v) is 5.07. The number of aromatic nitrogens is 5. The molecule has 0 saturated carbocycles. The van der Waals surface area contributed by atoms with E-state index in [1.165, 1.54) is 6.33 Å². The number of hydrogen-bond acceptors (Lipinski definition) is 7. The Balaban J connectivity index is 1.57. The van der Waals surface area contributed by atoms with Crippen LogP contribution in [0.15, 0.2) is 29.4 Å². The molecule has 0 spiro atoms. The summed E-state index contributed by atoms with van der Waals surface area (Å²) < 4.78 is 29.3. The molecule has 3 aromatic rings. The average molecular weight is 387 g/mol. The quantitative estimate of drug-likeness (QED) is 0.658. The molecule has 10 heteroatoms. The number of rotatable bonds is 3. The molecular formula is C17H21N7O2S. The molecule has 0 bridgehead atoms. The van der Waals surface area contributed by atoms with E-state index in [-0.39, 0.29) is 0 Å². The predicted octanol–water partition coefficient (Wildman–Crippen LogP) is 0.886. The fraction of sp³-hybridized carbons (Fsp3) is 0.412. The molecule has 0 unspecified atom stereocenters. The van der Waals surface area contributed by atoms with E-state index >= 15 is 0 Å². The first-order chi connectivity index (χ1) is 12.9. The SMILES string of the molecule is Cc1ccc(C)c(S(=O)(=O)N2CCN(c3ncnc4c3nnn4C)CC2)c1. The molecule has 0 atom stereocenters. The third-order valence-electron chi connectivity index (χ3n) is 4.87. The van der Waals surface area contributed by atoms with Crippen molar-refractivity contribution in [2.45, 2.75) is 18.7 Å². The van der Waals surface area contributed by atoms with Gasteiger partial charge in [0.15, 0.2) is 17.0 Å². The summed E-state index contributed by atoms with van der Waals surface area (Å²) in [6, 6.07) is 5.52. The zero-order chi connectivity index (χ0) is 19.2. The normalized spacial score (nSPS) is 16.2. The van der Waals surface area contributed by atoms with E-state index in [0.29, 0.717) is 48.1 Å². The van der Waals surface area contributed by atoms with Crippen LogP contribution in [0.3, 0.4) is 0 Å². The molecule has 1 aromatic carbocycles. The molecule has 0 radical (unpaired) electrons. The Kier molecular flexibility index (Phi) is 4.31. The van der Waals surface area contributed by atoms with Crippen molar-refractivity contribution in [3.63, 3.8) is 0 Å². The maximum absolute atomic E-state index is 13.1. The second-order valence-electron chi connectivity index (χ2n) is 6.74. The van der Waals surface area contributed by atoms with Crippen molar-refractivity contribution in [1.29, 1.82) is 0 Å². The lowest BCUT2D eigenvalue weighted by Gasteiger charge is -2.34. The number of fused-ring (bicyclic) bond motifs is 1. The summed E-state index contributed by atoms with van der Waals surface area (Å²) in [5, 5.41) is 8.14. The molecule has 1 fully saturated rings. The molecule has 142 valence electrons. The number of piperazine rings is 1. The molecule has 1 saturated heterocycles. The van der Waals surface area contributed by atoms with Crippen LogP contribution >= 0.6 is 0 Å². The summed E-state index contributed by atoms with van der Waals surface area (Å²) in [5.74, 6) is 0.692. The standard InChI is InChI=1S/C17H21N7O2S/c1-12-4-5-13(2)14(10-12)27(25,26)24-8-6-23(7-9-24)17-15-16(18-11-19-17)22(3)21-20-15/h4-5,10-11H,6-9H2,1-3H3. The number of nitrogens with zero attached hydrogens (tertiary/aromatic N) is 7. The summed E-state index contributed by atoms with van der Waals surface area (Å²) in [4.78, 5) is 11.0. The third kappa shape index (κ3) is 3.04. The van der Waals surface area contributed by atoms with Crippen LogP contribution < -0.4 is 4.90 Å². The van der Waals surface area contributed by atoms with E-state index in [2.05, 4.69) is 20.3 Å². The summed E-state index contributed by atoms with van der Waals surface area (Å²) >= 11 is 0. The van der Waals surface area contributed by atoms with Gasteiger partial charge in [0, 0.05) is 33.2 Å². The Morgan fingerprint density at radius 2 is 1.78 bits per heavy atom. The Labute approximate surface area is 157 Å². The first-order valence-corrected chi connectivity index (χ1v) is 10.1. The van der Waals surface area contributed by atoms with E-state index in [1.807, 2.05) is 30.9 Å². The molecule has 3 heterocycles. The molecule has 2 aromatic heterocycles. The van der Waals surface area contributed by atoms with Crippen molar-refractivity contribution in [2.24, 2.45) is 7.05 Å². The average Bonchev–Trinajstić information content (AvgIpc) is 3.05. The van der Waals surface area contributed by atoms with Gasteiger partial charge in [-0.3, -0.25) is 0 Å². The first-order valence-electron chi connectivity index (χ1n) is 8.70. The molecule has 1 aliphatic heterocycles. The van der Waals surface area contributed by atoms with E-state index in [0.717, 1.165) is 11.1 Å². The second-order valence-corrected chi connectivity index (χ2v) is 8.65. The van der Waals surface area contributed by atoms with Gasteiger partial charge in [-0.05, 0) is 31.0 Å². The Hall–Kier alpha value is -2.59. The van der Waals surface area contributed by atoms with E-state index in [1.54, 1.807) is 22.1 Å². The van der Waals surface area contributed by atoms with Crippen molar-refractivity contribution < 1.29 is 8.42 Å². The van der Waals surface area contributed by atoms with E-state index in [4.69, 9.17) is 0 Å². The minimum absolute atomic E-state index is 0.384. The van der Waals surface area contributed by atoms with Crippen LogP contribution in [0.25, 0.3) is 11.2 Å². The fourth-order valence-electron chi connectivity index (χ4n) is 3.34. The maximum Gasteiger partial charge on any atom is 0.243 e. The van der Waals surface area contributed by atoms with Crippen LogP contribution in [0.4, 0.5) is 5.82 Å². The second kappa shape index (κ2) is 6.54. The van der Waals surface area contributed by atoms with Crippen LogP contribution in [-0.4, -0.2) is 63.9 Å². The Morgan fingerprint density at radius 1 is 1.04 bits per heavy atom. The number of sulfonamides is 1. The highest BCUT2D eigenvalue weighted by molar-refractivity contribution is 7.89. The van der Waals surface area contributed by atoms with Crippen molar-refractivity contribution in [3.8, 4) is 0 Å². The molecule has 9 nitrogen and oxygen atoms in total. The monoisotopic (exact) mass is 387 g/mol. The predicted molar refractivity (Wildman–Crippen MR) is 101 cm³/mol. The number of hydrogen-bond donors (Lipinski definition) is 0. The van der Waals surface area contributed by atoms with Gasteiger partial charge in [0.2, 0.25) is 10.0 Å². The van der Waals surface area contributed by atoms with Crippen LogP contribution in [-0.2, 0) is 17.1 Å². The highest BCUT2D eigenvalue weighted by Crippen LogP contribution is 2.25. The topological polar surface area (TPSA) is 97.1 Å². The number of benzene rings is 1. The van der Waals surface area contributed by atoms with E-state index in [9.17, 15) is 8.42 Å². The maximum atomic E-state index is 13.1. The summed E-state index contributed by atoms with van der Waals surface area (Å²) in [5.41, 5.74) is 2.99. The molecule has 0 amide bonds. The van der Waals surface area contributed by atoms with Gasteiger partial charge in [0.1, 0.15) is 6.33 Å².